The van der Waals surface area contributed by atoms with Gasteiger partial charge in [0.1, 0.15) is 12.4 Å². The number of rotatable bonds is 7. The number of carboxylic acid groups (broad SMARTS) is 1. The summed E-state index contributed by atoms with van der Waals surface area (Å²) in [5, 5.41) is 13.9. The Morgan fingerprint density at radius 1 is 1.10 bits per heavy atom. The first-order valence-electron chi connectivity index (χ1n) is 9.28. The SMILES string of the molecule is CCc1c(C)nc(-n2nc(C)c(C)c2C(=O)O)nc1OCc1ccc(OC)cc1. The Bertz CT molecular complexity index is 1040. The van der Waals surface area contributed by atoms with Crippen LogP contribution in [0.3, 0.4) is 0 Å². The zero-order valence-electron chi connectivity index (χ0n) is 17.2. The van der Waals surface area contributed by atoms with Gasteiger partial charge in [0.05, 0.1) is 12.8 Å². The van der Waals surface area contributed by atoms with Crippen molar-refractivity contribution in [2.45, 2.75) is 40.7 Å². The molecule has 0 atom stereocenters. The second-order valence-corrected chi connectivity index (χ2v) is 6.66. The van der Waals surface area contributed by atoms with Gasteiger partial charge in [0, 0.05) is 16.8 Å². The average molecular weight is 396 g/mol. The van der Waals surface area contributed by atoms with Crippen molar-refractivity contribution >= 4 is 5.97 Å². The summed E-state index contributed by atoms with van der Waals surface area (Å²) in [7, 11) is 1.62. The Labute approximate surface area is 169 Å². The van der Waals surface area contributed by atoms with Crippen molar-refractivity contribution in [3.05, 3.63) is 58.0 Å². The number of nitrogens with zero attached hydrogens (tertiary/aromatic N) is 4. The molecule has 2 heterocycles. The number of methoxy groups -OCH3 is 1. The van der Waals surface area contributed by atoms with E-state index >= 15 is 0 Å². The maximum absolute atomic E-state index is 11.7. The van der Waals surface area contributed by atoms with Crippen molar-refractivity contribution in [1.82, 2.24) is 19.7 Å². The predicted molar refractivity (Wildman–Crippen MR) is 107 cm³/mol. The molecule has 3 rings (SSSR count). The molecule has 0 aliphatic carbocycles. The van der Waals surface area contributed by atoms with Crippen LogP contribution in [0.15, 0.2) is 24.3 Å². The van der Waals surface area contributed by atoms with Gasteiger partial charge in [-0.25, -0.2) is 9.78 Å². The highest BCUT2D eigenvalue weighted by Crippen LogP contribution is 2.24. The summed E-state index contributed by atoms with van der Waals surface area (Å²) in [6, 6.07) is 7.57. The zero-order chi connectivity index (χ0) is 21.1. The summed E-state index contributed by atoms with van der Waals surface area (Å²) in [4.78, 5) is 20.7. The Hall–Kier alpha value is -3.42. The molecule has 0 aliphatic heterocycles. The molecule has 152 valence electrons. The lowest BCUT2D eigenvalue weighted by atomic mass is 10.2. The third-order valence-corrected chi connectivity index (χ3v) is 4.80. The molecule has 29 heavy (non-hydrogen) atoms. The smallest absolute Gasteiger partial charge is 0.355 e. The van der Waals surface area contributed by atoms with Crippen LogP contribution >= 0.6 is 0 Å². The van der Waals surface area contributed by atoms with E-state index in [0.717, 1.165) is 22.6 Å². The van der Waals surface area contributed by atoms with Gasteiger partial charge in [0.2, 0.25) is 5.88 Å². The number of carbonyl (C=O) groups is 1. The molecule has 0 saturated carbocycles. The molecular formula is C21H24N4O4. The Balaban J connectivity index is 1.99. The Morgan fingerprint density at radius 3 is 2.38 bits per heavy atom. The van der Waals surface area contributed by atoms with Crippen molar-refractivity contribution in [3.63, 3.8) is 0 Å². The van der Waals surface area contributed by atoms with Crippen LogP contribution < -0.4 is 9.47 Å². The highest BCUT2D eigenvalue weighted by molar-refractivity contribution is 5.88. The molecule has 2 aromatic heterocycles. The fourth-order valence-electron chi connectivity index (χ4n) is 3.05. The number of aromatic carboxylic acids is 1. The van der Waals surface area contributed by atoms with E-state index in [1.54, 1.807) is 21.0 Å². The molecule has 0 bridgehead atoms. The van der Waals surface area contributed by atoms with Crippen LogP contribution in [0.1, 0.15) is 45.5 Å². The molecule has 1 aromatic carbocycles. The molecule has 3 aromatic rings. The second kappa shape index (κ2) is 8.30. The van der Waals surface area contributed by atoms with E-state index in [1.165, 1.54) is 4.68 Å². The summed E-state index contributed by atoms with van der Waals surface area (Å²) in [6.07, 6.45) is 0.688. The van der Waals surface area contributed by atoms with E-state index in [1.807, 2.05) is 38.1 Å². The van der Waals surface area contributed by atoms with E-state index in [-0.39, 0.29) is 11.6 Å². The van der Waals surface area contributed by atoms with Crippen LogP contribution in [-0.4, -0.2) is 37.9 Å². The van der Waals surface area contributed by atoms with Gasteiger partial charge >= 0.3 is 5.97 Å². The van der Waals surface area contributed by atoms with E-state index in [0.29, 0.717) is 30.2 Å². The standard InChI is InChI=1S/C21H24N4O4/c1-6-17-14(4)22-21(25-18(20(26)27)12(2)13(3)24-25)23-19(17)29-11-15-7-9-16(28-5)10-8-15/h7-10H,6,11H2,1-5H3,(H,26,27). The van der Waals surface area contributed by atoms with E-state index in [9.17, 15) is 9.90 Å². The lowest BCUT2D eigenvalue weighted by molar-refractivity contribution is 0.0685. The molecular weight excluding hydrogens is 372 g/mol. The summed E-state index contributed by atoms with van der Waals surface area (Å²) in [5.41, 5.74) is 3.81. The highest BCUT2D eigenvalue weighted by atomic mass is 16.5. The lowest BCUT2D eigenvalue weighted by Gasteiger charge is -2.14. The lowest BCUT2D eigenvalue weighted by Crippen LogP contribution is -2.15. The first-order valence-corrected chi connectivity index (χ1v) is 9.28. The quantitative estimate of drug-likeness (QED) is 0.653. The molecule has 0 radical (unpaired) electrons. The number of aryl methyl sites for hydroxylation is 2. The van der Waals surface area contributed by atoms with Gasteiger partial charge < -0.3 is 14.6 Å². The van der Waals surface area contributed by atoms with Crippen molar-refractivity contribution in [3.8, 4) is 17.6 Å². The largest absolute Gasteiger partial charge is 0.497 e. The monoisotopic (exact) mass is 396 g/mol. The van der Waals surface area contributed by atoms with Crippen LogP contribution in [0.25, 0.3) is 5.95 Å². The summed E-state index contributed by atoms with van der Waals surface area (Å²) >= 11 is 0. The molecule has 0 spiro atoms. The van der Waals surface area contributed by atoms with E-state index in [2.05, 4.69) is 15.1 Å². The van der Waals surface area contributed by atoms with Crippen molar-refractivity contribution < 1.29 is 19.4 Å². The number of carboxylic acids is 1. The third-order valence-electron chi connectivity index (χ3n) is 4.80. The number of ether oxygens (including phenoxy) is 2. The third kappa shape index (κ3) is 4.06. The van der Waals surface area contributed by atoms with Crippen molar-refractivity contribution in [2.75, 3.05) is 7.11 Å². The predicted octanol–water partition coefficient (Wildman–Crippen LogP) is 3.44. The normalized spacial score (nSPS) is 10.8. The first kappa shape index (κ1) is 20.3. The van der Waals surface area contributed by atoms with Gasteiger partial charge in [-0.1, -0.05) is 19.1 Å². The highest BCUT2D eigenvalue weighted by Gasteiger charge is 2.22. The minimum Gasteiger partial charge on any atom is -0.497 e. The number of hydrogen-bond donors (Lipinski definition) is 1. The summed E-state index contributed by atoms with van der Waals surface area (Å²) in [5.74, 6) is 0.296. The van der Waals surface area contributed by atoms with Crippen LogP contribution in [-0.2, 0) is 13.0 Å². The van der Waals surface area contributed by atoms with E-state index < -0.39 is 5.97 Å². The average Bonchev–Trinajstić information content (AvgIpc) is 3.01. The first-order chi connectivity index (χ1) is 13.8. The number of hydrogen-bond acceptors (Lipinski definition) is 6. The van der Waals surface area contributed by atoms with Gasteiger partial charge in [0.15, 0.2) is 5.69 Å². The van der Waals surface area contributed by atoms with Gasteiger partial charge in [0.25, 0.3) is 5.95 Å². The molecule has 0 saturated heterocycles. The number of benzene rings is 1. The fraction of sp³-hybridized carbons (Fsp3) is 0.333. The minimum absolute atomic E-state index is 0.0484. The van der Waals surface area contributed by atoms with Crippen molar-refractivity contribution in [1.29, 1.82) is 0 Å². The van der Waals surface area contributed by atoms with Gasteiger partial charge in [-0.15, -0.1) is 0 Å². The minimum atomic E-state index is -1.08. The molecule has 0 amide bonds. The Morgan fingerprint density at radius 2 is 1.79 bits per heavy atom. The fourth-order valence-corrected chi connectivity index (χ4v) is 3.05. The summed E-state index contributed by atoms with van der Waals surface area (Å²) < 4.78 is 12.4. The van der Waals surface area contributed by atoms with Gasteiger partial charge in [-0.2, -0.15) is 14.8 Å². The van der Waals surface area contributed by atoms with Gasteiger partial charge in [-0.3, -0.25) is 0 Å². The van der Waals surface area contributed by atoms with Crippen LogP contribution in [0, 0.1) is 20.8 Å². The molecule has 0 unspecified atom stereocenters. The maximum atomic E-state index is 11.7. The topological polar surface area (TPSA) is 99.4 Å². The van der Waals surface area contributed by atoms with E-state index in [4.69, 9.17) is 9.47 Å². The second-order valence-electron chi connectivity index (χ2n) is 6.66. The van der Waals surface area contributed by atoms with Crippen LogP contribution in [0.2, 0.25) is 0 Å². The van der Waals surface area contributed by atoms with Crippen molar-refractivity contribution in [2.24, 2.45) is 0 Å². The number of aromatic nitrogens is 4. The molecule has 8 heteroatoms. The van der Waals surface area contributed by atoms with Gasteiger partial charge in [-0.05, 0) is 44.9 Å². The molecule has 1 N–H and O–H groups in total. The van der Waals surface area contributed by atoms with Crippen LogP contribution in [0.5, 0.6) is 11.6 Å². The molecule has 0 fully saturated rings. The molecule has 8 nitrogen and oxygen atoms in total. The zero-order valence-corrected chi connectivity index (χ0v) is 17.2. The maximum Gasteiger partial charge on any atom is 0.355 e. The summed E-state index contributed by atoms with van der Waals surface area (Å²) in [6.45, 7) is 7.64. The van der Waals surface area contributed by atoms with Crippen LogP contribution in [0.4, 0.5) is 0 Å². The molecule has 0 aliphatic rings. The Kier molecular flexibility index (Phi) is 5.81.